The minimum Gasteiger partial charge on any atom is -0.457 e. The summed E-state index contributed by atoms with van der Waals surface area (Å²) in [5, 5.41) is 72.1. The first-order valence-electron chi connectivity index (χ1n) is 25.2. The SMILES string of the molecule is CC/C=C\C/C=C\C/C=C\C/C=C\CCCCCCC(=O)OC(COCCCCCCCC/C=C\C/C=C\C/C=C\CC)COC1OC(COC2OC(CO)C(O)C(O)C2O)C(O)C(O)C1O. The van der Waals surface area contributed by atoms with E-state index >= 15 is 0 Å². The van der Waals surface area contributed by atoms with Crippen LogP contribution in [0.1, 0.15) is 142 Å². The van der Waals surface area contributed by atoms with E-state index in [1.165, 1.54) is 6.42 Å². The van der Waals surface area contributed by atoms with Gasteiger partial charge in [-0.3, -0.25) is 4.79 Å². The molecule has 0 aromatic rings. The van der Waals surface area contributed by atoms with E-state index in [0.29, 0.717) is 13.0 Å². The molecule has 0 radical (unpaired) electrons. The third kappa shape index (κ3) is 27.8. The molecule has 67 heavy (non-hydrogen) atoms. The smallest absolute Gasteiger partial charge is 0.306 e. The number of esters is 1. The molecule has 0 bridgehead atoms. The summed E-state index contributed by atoms with van der Waals surface area (Å²) in [6.45, 7) is 3.37. The molecule has 2 fully saturated rings. The zero-order valence-corrected chi connectivity index (χ0v) is 40.6. The van der Waals surface area contributed by atoms with Crippen LogP contribution < -0.4 is 0 Å². The number of hydrogen-bond acceptors (Lipinski definition) is 14. The van der Waals surface area contributed by atoms with Crippen LogP contribution in [-0.2, 0) is 33.2 Å². The minimum atomic E-state index is -1.72. The zero-order valence-electron chi connectivity index (χ0n) is 40.6. The number of rotatable bonds is 38. The second-order valence-corrected chi connectivity index (χ2v) is 17.2. The highest BCUT2D eigenvalue weighted by Crippen LogP contribution is 2.26. The normalized spacial score (nSPS) is 26.8. The van der Waals surface area contributed by atoms with Crippen molar-refractivity contribution in [3.8, 4) is 0 Å². The Hall–Kier alpha value is -2.83. The van der Waals surface area contributed by atoms with Gasteiger partial charge in [-0.15, -0.1) is 0 Å². The number of aliphatic hydroxyl groups is 7. The average molecular weight is 949 g/mol. The lowest BCUT2D eigenvalue weighted by Gasteiger charge is -2.42. The summed E-state index contributed by atoms with van der Waals surface area (Å²) in [7, 11) is 0. The van der Waals surface area contributed by atoms with E-state index in [4.69, 9.17) is 28.4 Å². The van der Waals surface area contributed by atoms with Crippen molar-refractivity contribution >= 4 is 5.97 Å². The van der Waals surface area contributed by atoms with Gasteiger partial charge in [0.2, 0.25) is 0 Å². The molecule has 0 aromatic carbocycles. The van der Waals surface area contributed by atoms with Crippen molar-refractivity contribution in [3.63, 3.8) is 0 Å². The highest BCUT2D eigenvalue weighted by atomic mass is 16.7. The summed E-state index contributed by atoms with van der Waals surface area (Å²) in [4.78, 5) is 13.0. The van der Waals surface area contributed by atoms with E-state index in [2.05, 4.69) is 98.9 Å². The topological polar surface area (TPSA) is 214 Å². The molecule has 2 aliphatic heterocycles. The third-order valence-corrected chi connectivity index (χ3v) is 11.4. The number of carbonyl (C=O) groups excluding carboxylic acids is 1. The molecule has 11 unspecified atom stereocenters. The van der Waals surface area contributed by atoms with Crippen LogP contribution in [0, 0.1) is 0 Å². The molecule has 14 nitrogen and oxygen atoms in total. The lowest BCUT2D eigenvalue weighted by Crippen LogP contribution is -2.61. The highest BCUT2D eigenvalue weighted by Gasteiger charge is 2.47. The van der Waals surface area contributed by atoms with Gasteiger partial charge < -0.3 is 64.2 Å². The van der Waals surface area contributed by atoms with Crippen molar-refractivity contribution < 1.29 is 69.0 Å². The van der Waals surface area contributed by atoms with Crippen molar-refractivity contribution in [2.45, 2.75) is 210 Å². The van der Waals surface area contributed by atoms with Crippen LogP contribution in [0.3, 0.4) is 0 Å². The van der Waals surface area contributed by atoms with Crippen LogP contribution in [0.15, 0.2) is 85.1 Å². The maximum atomic E-state index is 13.0. The average Bonchev–Trinajstić information content (AvgIpc) is 3.32. The first-order chi connectivity index (χ1) is 32.6. The molecule has 0 aromatic heterocycles. The van der Waals surface area contributed by atoms with Crippen LogP contribution in [0.4, 0.5) is 0 Å². The third-order valence-electron chi connectivity index (χ3n) is 11.4. The fourth-order valence-electron chi connectivity index (χ4n) is 7.35. The molecule has 2 saturated heterocycles. The maximum absolute atomic E-state index is 13.0. The molecule has 2 rings (SSSR count). The Morgan fingerprint density at radius 1 is 0.493 bits per heavy atom. The molecule has 11 atom stereocenters. The number of ether oxygens (including phenoxy) is 6. The summed E-state index contributed by atoms with van der Waals surface area (Å²) in [5.74, 6) is -0.409. The summed E-state index contributed by atoms with van der Waals surface area (Å²) in [6, 6.07) is 0. The first kappa shape index (κ1) is 60.3. The second kappa shape index (κ2) is 40.0. The standard InChI is InChI=1S/C53H88O14/c1-3-5-7-9-11-13-15-17-19-21-22-24-26-28-30-32-34-36-45(55)65-42(39-62-37-35-33-31-29-27-25-23-20-18-16-14-12-10-8-6-4-2)40-63-52-51(61)49(59)47(57)44(67-52)41-64-53-50(60)48(58)46(56)43(38-54)66-53/h5-8,11-14,17-20,22,24,42-44,46-54,56-61H,3-4,9-10,15-16,21,23,25-41H2,1-2H3/b7-5-,8-6-,13-11-,14-12-,19-17-,20-18-,24-22-. The van der Waals surface area contributed by atoms with Gasteiger partial charge in [0.25, 0.3) is 0 Å². The fourth-order valence-corrected chi connectivity index (χ4v) is 7.35. The van der Waals surface area contributed by atoms with Gasteiger partial charge in [-0.1, -0.05) is 137 Å². The van der Waals surface area contributed by atoms with Gasteiger partial charge in [-0.25, -0.2) is 0 Å². The van der Waals surface area contributed by atoms with Gasteiger partial charge in [0, 0.05) is 13.0 Å². The summed E-state index contributed by atoms with van der Waals surface area (Å²) >= 11 is 0. The first-order valence-corrected chi connectivity index (χ1v) is 25.2. The highest BCUT2D eigenvalue weighted by molar-refractivity contribution is 5.69. The predicted octanol–water partition coefficient (Wildman–Crippen LogP) is 7.29. The van der Waals surface area contributed by atoms with Crippen LogP contribution >= 0.6 is 0 Å². The largest absolute Gasteiger partial charge is 0.457 e. The molecule has 14 heteroatoms. The molecule has 384 valence electrons. The van der Waals surface area contributed by atoms with Crippen LogP contribution in [-0.4, -0.2) is 142 Å². The van der Waals surface area contributed by atoms with Crippen molar-refractivity contribution in [1.82, 2.24) is 0 Å². The van der Waals surface area contributed by atoms with Gasteiger partial charge >= 0.3 is 5.97 Å². The monoisotopic (exact) mass is 949 g/mol. The van der Waals surface area contributed by atoms with Crippen LogP contribution in [0.25, 0.3) is 0 Å². The number of carbonyl (C=O) groups is 1. The van der Waals surface area contributed by atoms with Gasteiger partial charge in [-0.2, -0.15) is 0 Å². The van der Waals surface area contributed by atoms with Crippen molar-refractivity contribution in [2.75, 3.05) is 33.0 Å². The van der Waals surface area contributed by atoms with Gasteiger partial charge in [0.1, 0.15) is 54.9 Å². The van der Waals surface area contributed by atoms with Gasteiger partial charge in [0.15, 0.2) is 12.6 Å². The molecule has 0 saturated carbocycles. The molecular formula is C53H88O14. The predicted molar refractivity (Wildman–Crippen MR) is 261 cm³/mol. The van der Waals surface area contributed by atoms with Crippen molar-refractivity contribution in [2.24, 2.45) is 0 Å². The Labute approximate surface area is 401 Å². The Morgan fingerprint density at radius 3 is 1.45 bits per heavy atom. The van der Waals surface area contributed by atoms with Crippen molar-refractivity contribution in [3.05, 3.63) is 85.1 Å². The van der Waals surface area contributed by atoms with E-state index in [0.717, 1.165) is 109 Å². The quantitative estimate of drug-likeness (QED) is 0.0184. The molecule has 0 spiro atoms. The Kier molecular flexibility index (Phi) is 36.0. The lowest BCUT2D eigenvalue weighted by molar-refractivity contribution is -0.332. The Morgan fingerprint density at radius 2 is 0.925 bits per heavy atom. The van der Waals surface area contributed by atoms with Gasteiger partial charge in [-0.05, 0) is 83.5 Å². The van der Waals surface area contributed by atoms with E-state index < -0.39 is 86.7 Å². The number of allylic oxidation sites excluding steroid dienone is 14. The summed E-state index contributed by atoms with van der Waals surface area (Å²) < 4.78 is 34.2. The number of aliphatic hydroxyl groups excluding tert-OH is 7. The minimum absolute atomic E-state index is 0.0369. The number of unbranched alkanes of at least 4 members (excludes halogenated alkanes) is 10. The van der Waals surface area contributed by atoms with E-state index in [1.54, 1.807) is 0 Å². The van der Waals surface area contributed by atoms with Crippen molar-refractivity contribution in [1.29, 1.82) is 0 Å². The maximum Gasteiger partial charge on any atom is 0.306 e. The van der Waals surface area contributed by atoms with Crippen LogP contribution in [0.5, 0.6) is 0 Å². The molecule has 0 aliphatic carbocycles. The van der Waals surface area contributed by atoms with E-state index in [-0.39, 0.29) is 19.6 Å². The lowest BCUT2D eigenvalue weighted by atomic mass is 9.98. The molecule has 2 aliphatic rings. The second-order valence-electron chi connectivity index (χ2n) is 17.2. The fraction of sp³-hybridized carbons (Fsp3) is 0.717. The molecule has 2 heterocycles. The van der Waals surface area contributed by atoms with E-state index in [1.807, 2.05) is 0 Å². The zero-order chi connectivity index (χ0) is 48.7. The Balaban J connectivity index is 1.80. The van der Waals surface area contributed by atoms with E-state index in [9.17, 15) is 40.5 Å². The molecule has 0 amide bonds. The van der Waals surface area contributed by atoms with Gasteiger partial charge in [0.05, 0.1) is 26.4 Å². The molecule has 7 N–H and O–H groups in total. The summed E-state index contributed by atoms with van der Waals surface area (Å²) in [5.41, 5.74) is 0. The van der Waals surface area contributed by atoms with Crippen LogP contribution in [0.2, 0.25) is 0 Å². The summed E-state index contributed by atoms with van der Waals surface area (Å²) in [6.07, 6.45) is 33.6. The molecular weight excluding hydrogens is 861 g/mol. The number of hydrogen-bond donors (Lipinski definition) is 7. The Bertz CT molecular complexity index is 1430.